The molecule has 6 heteroatoms. The lowest BCUT2D eigenvalue weighted by atomic mass is 9.61. The minimum absolute atomic E-state index is 0.623. The topological polar surface area (TPSA) is 110 Å². The Morgan fingerprint density at radius 1 is 0.765 bits per heavy atom. The molecule has 1 saturated heterocycles. The quantitative estimate of drug-likeness (QED) is 0.397. The fourth-order valence-electron chi connectivity index (χ4n) is 2.26. The van der Waals surface area contributed by atoms with Gasteiger partial charge in [-0.1, -0.05) is 0 Å². The molecule has 5 N–H and O–H groups in total. The van der Waals surface area contributed by atoms with E-state index >= 15 is 0 Å². The summed E-state index contributed by atoms with van der Waals surface area (Å²) < 4.78 is 5.22. The average Bonchev–Trinajstić information content (AvgIpc) is 2.14. The van der Waals surface area contributed by atoms with Gasteiger partial charge in [0.05, 0.1) is 6.61 Å². The molecule has 1 aliphatic rings. The van der Waals surface area contributed by atoms with Gasteiger partial charge in [0.1, 0.15) is 22.4 Å². The Balaban J connectivity index is 3.46. The summed E-state index contributed by atoms with van der Waals surface area (Å²) in [6.45, 7) is 5.50. The largest absolute Gasteiger partial charge is 0.393 e. The number of hydrogen-bond donors (Lipinski definition) is 5. The Labute approximate surface area is 100 Å². The standard InChI is InChI=1S/C11H22O6/c1-7(6-12)8(2,13)9(3,14)10(4,15)11(5,16)17-7/h12-16H,6H2,1-5H3/t7?,8-,9?,10?,11+/m0/s1. The van der Waals surface area contributed by atoms with Crippen LogP contribution in [0.25, 0.3) is 0 Å². The third kappa shape index (κ3) is 1.49. The molecule has 0 aromatic carbocycles. The summed E-state index contributed by atoms with van der Waals surface area (Å²) in [6.07, 6.45) is 0. The molecule has 1 aliphatic heterocycles. The van der Waals surface area contributed by atoms with Crippen molar-refractivity contribution in [2.24, 2.45) is 0 Å². The molecule has 0 radical (unpaired) electrons. The molecule has 0 bridgehead atoms. The predicted octanol–water partition coefficient (Wildman–Crippen LogP) is -1.27. The normalized spacial score (nSPS) is 60.4. The van der Waals surface area contributed by atoms with Crippen molar-refractivity contribution in [2.75, 3.05) is 6.61 Å². The van der Waals surface area contributed by atoms with Crippen LogP contribution in [0.15, 0.2) is 0 Å². The first kappa shape index (κ1) is 14.8. The molecule has 6 nitrogen and oxygen atoms in total. The van der Waals surface area contributed by atoms with Gasteiger partial charge in [-0.15, -0.1) is 0 Å². The summed E-state index contributed by atoms with van der Waals surface area (Å²) in [5.41, 5.74) is -7.76. The molecule has 0 aromatic rings. The van der Waals surface area contributed by atoms with Crippen molar-refractivity contribution >= 4 is 0 Å². The fraction of sp³-hybridized carbons (Fsp3) is 1.00. The maximum Gasteiger partial charge on any atom is 0.195 e. The third-order valence-corrected chi connectivity index (χ3v) is 4.55. The zero-order valence-corrected chi connectivity index (χ0v) is 10.9. The Hall–Kier alpha value is -0.240. The summed E-state index contributed by atoms with van der Waals surface area (Å²) in [6, 6.07) is 0. The molecule has 1 heterocycles. The fourth-order valence-corrected chi connectivity index (χ4v) is 2.26. The second-order valence-electron chi connectivity index (χ2n) is 5.69. The molecule has 0 aliphatic carbocycles. The van der Waals surface area contributed by atoms with Gasteiger partial charge in [-0.05, 0) is 34.6 Å². The number of rotatable bonds is 1. The van der Waals surface area contributed by atoms with E-state index in [4.69, 9.17) is 4.74 Å². The lowest BCUT2D eigenvalue weighted by molar-refractivity contribution is -0.449. The molecule has 0 aromatic heterocycles. The Morgan fingerprint density at radius 2 is 1.18 bits per heavy atom. The van der Waals surface area contributed by atoms with Crippen molar-refractivity contribution in [1.29, 1.82) is 0 Å². The molecule has 0 spiro atoms. The van der Waals surface area contributed by atoms with Crippen LogP contribution in [0, 0.1) is 0 Å². The van der Waals surface area contributed by atoms with E-state index in [1.54, 1.807) is 0 Å². The molecule has 1 fully saturated rings. The van der Waals surface area contributed by atoms with E-state index in [0.717, 1.165) is 0 Å². The maximum atomic E-state index is 10.4. The minimum atomic E-state index is -2.11. The number of ether oxygens (including phenoxy) is 1. The molecule has 0 amide bonds. The Morgan fingerprint density at radius 3 is 1.53 bits per heavy atom. The lowest BCUT2D eigenvalue weighted by Gasteiger charge is -2.63. The van der Waals surface area contributed by atoms with Crippen LogP contribution in [0.2, 0.25) is 0 Å². The van der Waals surface area contributed by atoms with Gasteiger partial charge in [-0.3, -0.25) is 0 Å². The van der Waals surface area contributed by atoms with Gasteiger partial charge in [0.15, 0.2) is 5.79 Å². The van der Waals surface area contributed by atoms with Crippen molar-refractivity contribution < 1.29 is 30.3 Å². The first-order valence-electron chi connectivity index (χ1n) is 5.47. The summed E-state index contributed by atoms with van der Waals surface area (Å²) >= 11 is 0. The van der Waals surface area contributed by atoms with Crippen LogP contribution in [0.3, 0.4) is 0 Å². The molecule has 0 saturated carbocycles. The van der Waals surface area contributed by atoms with Gasteiger partial charge in [0.2, 0.25) is 0 Å². The molecular weight excluding hydrogens is 228 g/mol. The van der Waals surface area contributed by atoms with E-state index in [1.165, 1.54) is 34.6 Å². The van der Waals surface area contributed by atoms with Gasteiger partial charge in [-0.25, -0.2) is 0 Å². The molecular formula is C11H22O6. The van der Waals surface area contributed by atoms with E-state index < -0.39 is 34.8 Å². The van der Waals surface area contributed by atoms with Crippen molar-refractivity contribution in [3.63, 3.8) is 0 Å². The minimum Gasteiger partial charge on any atom is -0.393 e. The lowest BCUT2D eigenvalue weighted by Crippen LogP contribution is -2.84. The molecule has 5 atom stereocenters. The highest BCUT2D eigenvalue weighted by Crippen LogP contribution is 2.52. The first-order valence-corrected chi connectivity index (χ1v) is 5.47. The van der Waals surface area contributed by atoms with Crippen molar-refractivity contribution in [1.82, 2.24) is 0 Å². The van der Waals surface area contributed by atoms with Crippen LogP contribution < -0.4 is 0 Å². The van der Waals surface area contributed by atoms with Gasteiger partial charge >= 0.3 is 0 Å². The molecule has 3 unspecified atom stereocenters. The third-order valence-electron chi connectivity index (χ3n) is 4.55. The SMILES string of the molecule is CC1(CO)O[C@@](C)(O)C(C)(O)C(C)(O)[C@@]1(C)O. The van der Waals surface area contributed by atoms with Gasteiger partial charge in [0.25, 0.3) is 0 Å². The van der Waals surface area contributed by atoms with E-state index in [9.17, 15) is 25.5 Å². The van der Waals surface area contributed by atoms with Gasteiger partial charge < -0.3 is 30.3 Å². The van der Waals surface area contributed by atoms with E-state index in [-0.39, 0.29) is 0 Å². The van der Waals surface area contributed by atoms with Crippen LogP contribution in [0.4, 0.5) is 0 Å². The maximum absolute atomic E-state index is 10.4. The Bertz CT molecular complexity index is 320. The average molecular weight is 250 g/mol. The highest BCUT2D eigenvalue weighted by Gasteiger charge is 2.73. The first-order chi connectivity index (χ1) is 7.27. The van der Waals surface area contributed by atoms with Crippen LogP contribution >= 0.6 is 0 Å². The summed E-state index contributed by atoms with van der Waals surface area (Å²) in [5.74, 6) is -2.11. The summed E-state index contributed by atoms with van der Waals surface area (Å²) in [5, 5.41) is 50.4. The van der Waals surface area contributed by atoms with Crippen LogP contribution in [-0.4, -0.2) is 60.3 Å². The van der Waals surface area contributed by atoms with E-state index in [1.807, 2.05) is 0 Å². The van der Waals surface area contributed by atoms with E-state index in [2.05, 4.69) is 0 Å². The van der Waals surface area contributed by atoms with Crippen molar-refractivity contribution in [3.8, 4) is 0 Å². The summed E-state index contributed by atoms with van der Waals surface area (Å²) in [4.78, 5) is 0. The molecule has 17 heavy (non-hydrogen) atoms. The number of aliphatic hydroxyl groups is 5. The van der Waals surface area contributed by atoms with Crippen molar-refractivity contribution in [3.05, 3.63) is 0 Å². The zero-order valence-electron chi connectivity index (χ0n) is 10.9. The zero-order chi connectivity index (χ0) is 13.9. The van der Waals surface area contributed by atoms with Gasteiger partial charge in [-0.2, -0.15) is 0 Å². The van der Waals surface area contributed by atoms with Crippen LogP contribution in [-0.2, 0) is 4.74 Å². The smallest absolute Gasteiger partial charge is 0.195 e. The van der Waals surface area contributed by atoms with E-state index in [0.29, 0.717) is 0 Å². The monoisotopic (exact) mass is 250 g/mol. The number of aliphatic hydroxyl groups excluding tert-OH is 1. The van der Waals surface area contributed by atoms with Crippen molar-refractivity contribution in [2.45, 2.75) is 62.8 Å². The molecule has 102 valence electrons. The van der Waals surface area contributed by atoms with Crippen LogP contribution in [0.5, 0.6) is 0 Å². The predicted molar refractivity (Wildman–Crippen MR) is 59.1 cm³/mol. The molecule has 1 rings (SSSR count). The number of hydrogen-bond acceptors (Lipinski definition) is 6. The highest BCUT2D eigenvalue weighted by molar-refractivity contribution is 5.21. The second-order valence-corrected chi connectivity index (χ2v) is 5.69. The summed E-state index contributed by atoms with van der Waals surface area (Å²) in [7, 11) is 0. The van der Waals surface area contributed by atoms with Crippen LogP contribution in [0.1, 0.15) is 34.6 Å². The van der Waals surface area contributed by atoms with Gasteiger partial charge in [0, 0.05) is 0 Å². The highest BCUT2D eigenvalue weighted by atomic mass is 16.7. The second kappa shape index (κ2) is 3.40. The Kier molecular flexibility index (Phi) is 2.97.